The van der Waals surface area contributed by atoms with Crippen LogP contribution in [0.2, 0.25) is 0 Å². The van der Waals surface area contributed by atoms with E-state index in [-0.39, 0.29) is 17.1 Å². The zero-order chi connectivity index (χ0) is 11.6. The molecular weight excluding hydrogens is 202 g/mol. The van der Waals surface area contributed by atoms with Crippen LogP contribution in [-0.2, 0) is 4.79 Å². The zero-order valence-electron chi connectivity index (χ0n) is 9.78. The molecule has 0 aromatic heterocycles. The maximum atomic E-state index is 11.3. The Bertz CT molecular complexity index is 344. The highest BCUT2D eigenvalue weighted by Crippen LogP contribution is 2.34. The molecule has 2 rings (SSSR count). The normalized spacial score (nSPS) is 30.8. The van der Waals surface area contributed by atoms with Crippen LogP contribution in [0.25, 0.3) is 0 Å². The van der Waals surface area contributed by atoms with E-state index in [1.165, 1.54) is 12.5 Å². The first kappa shape index (κ1) is 11.4. The second kappa shape index (κ2) is 4.42. The molecule has 1 N–H and O–H groups in total. The van der Waals surface area contributed by atoms with Gasteiger partial charge in [-0.05, 0) is 50.9 Å². The van der Waals surface area contributed by atoms with Gasteiger partial charge in [-0.3, -0.25) is 9.69 Å². The smallest absolute Gasteiger partial charge is 0.219 e. The van der Waals surface area contributed by atoms with Crippen molar-refractivity contribution in [3.05, 3.63) is 24.0 Å². The van der Waals surface area contributed by atoms with Gasteiger partial charge in [0, 0.05) is 0 Å². The van der Waals surface area contributed by atoms with Crippen molar-refractivity contribution in [2.45, 2.75) is 38.1 Å². The molecule has 1 heterocycles. The summed E-state index contributed by atoms with van der Waals surface area (Å²) in [6, 6.07) is 0. The lowest BCUT2D eigenvalue weighted by atomic mass is 9.82. The van der Waals surface area contributed by atoms with Crippen LogP contribution in [-0.4, -0.2) is 34.4 Å². The molecule has 0 aromatic rings. The van der Waals surface area contributed by atoms with Gasteiger partial charge >= 0.3 is 0 Å². The summed E-state index contributed by atoms with van der Waals surface area (Å²) >= 11 is 0. The van der Waals surface area contributed by atoms with E-state index in [4.69, 9.17) is 0 Å². The summed E-state index contributed by atoms with van der Waals surface area (Å²) in [5, 5.41) is 9.61. The number of hydrogen-bond acceptors (Lipinski definition) is 3. The van der Waals surface area contributed by atoms with Gasteiger partial charge in [-0.1, -0.05) is 13.0 Å². The Balaban J connectivity index is 2.27. The summed E-state index contributed by atoms with van der Waals surface area (Å²) in [5.41, 5.74) is -0.202. The number of carbonyl (C=O) groups is 1. The first-order chi connectivity index (χ1) is 7.68. The Morgan fingerprint density at radius 1 is 1.50 bits per heavy atom. The fourth-order valence-electron chi connectivity index (χ4n) is 2.68. The number of aliphatic hydroxyl groups excluding tert-OH is 1. The van der Waals surface area contributed by atoms with Crippen LogP contribution < -0.4 is 0 Å². The average molecular weight is 221 g/mol. The summed E-state index contributed by atoms with van der Waals surface area (Å²) in [4.78, 5) is 13.6. The molecule has 0 amide bonds. The Morgan fingerprint density at radius 3 is 3.00 bits per heavy atom. The summed E-state index contributed by atoms with van der Waals surface area (Å²) in [6.07, 6.45) is 9.68. The van der Waals surface area contributed by atoms with Gasteiger partial charge in [0.25, 0.3) is 0 Å². The van der Waals surface area contributed by atoms with Gasteiger partial charge in [0.2, 0.25) is 5.78 Å². The third-order valence-corrected chi connectivity index (χ3v) is 3.50. The first-order valence-corrected chi connectivity index (χ1v) is 6.08. The predicted molar refractivity (Wildman–Crippen MR) is 63.3 cm³/mol. The van der Waals surface area contributed by atoms with Gasteiger partial charge in [-0.25, -0.2) is 0 Å². The van der Waals surface area contributed by atoms with E-state index in [1.54, 1.807) is 6.08 Å². The molecule has 1 aliphatic carbocycles. The van der Waals surface area contributed by atoms with Crippen LogP contribution in [0.4, 0.5) is 0 Å². The zero-order valence-corrected chi connectivity index (χ0v) is 9.78. The van der Waals surface area contributed by atoms with Crippen LogP contribution in [0.1, 0.15) is 32.6 Å². The minimum absolute atomic E-state index is 0.0921. The van der Waals surface area contributed by atoms with Crippen molar-refractivity contribution in [1.29, 1.82) is 0 Å². The second-order valence-corrected chi connectivity index (χ2v) is 4.66. The maximum Gasteiger partial charge on any atom is 0.219 e. The van der Waals surface area contributed by atoms with Crippen molar-refractivity contribution in [2.24, 2.45) is 0 Å². The van der Waals surface area contributed by atoms with E-state index >= 15 is 0 Å². The quantitative estimate of drug-likeness (QED) is 0.777. The number of nitrogens with zero attached hydrogens (tertiary/aromatic N) is 1. The number of piperidine rings is 1. The highest BCUT2D eigenvalue weighted by atomic mass is 16.3. The van der Waals surface area contributed by atoms with Crippen LogP contribution >= 0.6 is 0 Å². The lowest BCUT2D eigenvalue weighted by molar-refractivity contribution is -0.114. The van der Waals surface area contributed by atoms with Gasteiger partial charge in [-0.2, -0.15) is 0 Å². The summed E-state index contributed by atoms with van der Waals surface area (Å²) in [5.74, 6) is -0.363. The van der Waals surface area contributed by atoms with Crippen molar-refractivity contribution in [3.63, 3.8) is 0 Å². The minimum Gasteiger partial charge on any atom is -0.504 e. The molecule has 0 saturated carbocycles. The largest absolute Gasteiger partial charge is 0.504 e. The van der Waals surface area contributed by atoms with Crippen LogP contribution in [0.3, 0.4) is 0 Å². The monoisotopic (exact) mass is 221 g/mol. The third kappa shape index (κ3) is 1.92. The Labute approximate surface area is 96.4 Å². The van der Waals surface area contributed by atoms with E-state index in [0.29, 0.717) is 0 Å². The highest BCUT2D eigenvalue weighted by Gasteiger charge is 2.37. The summed E-state index contributed by atoms with van der Waals surface area (Å²) in [7, 11) is 0. The summed E-state index contributed by atoms with van der Waals surface area (Å²) in [6.45, 7) is 4.22. The van der Waals surface area contributed by atoms with Crippen molar-refractivity contribution in [3.8, 4) is 0 Å². The number of carbonyl (C=O) groups excluding carboxylic acids is 1. The number of hydrogen-bond donors (Lipinski definition) is 1. The molecule has 0 radical (unpaired) electrons. The van der Waals surface area contributed by atoms with Crippen LogP contribution in [0, 0.1) is 0 Å². The molecule has 3 heteroatoms. The number of aliphatic hydroxyl groups is 1. The van der Waals surface area contributed by atoms with Gasteiger partial charge in [0.15, 0.2) is 5.76 Å². The Kier molecular flexibility index (Phi) is 3.15. The minimum atomic E-state index is -0.271. The molecule has 1 aliphatic heterocycles. The number of ketones is 1. The standard InChI is InChI=1S/C13H19NO2/c1-2-8-14-9-4-3-6-13(14)7-5-11(15)12(16)10-13/h5,7,10,16H,2-4,6,8-9H2,1H3. The van der Waals surface area contributed by atoms with Gasteiger partial charge in [0.05, 0.1) is 5.54 Å². The topological polar surface area (TPSA) is 40.5 Å². The van der Waals surface area contributed by atoms with E-state index in [2.05, 4.69) is 11.8 Å². The van der Waals surface area contributed by atoms with Crippen LogP contribution in [0.5, 0.6) is 0 Å². The van der Waals surface area contributed by atoms with Crippen LogP contribution in [0.15, 0.2) is 24.0 Å². The number of rotatable bonds is 2. The second-order valence-electron chi connectivity index (χ2n) is 4.66. The Morgan fingerprint density at radius 2 is 2.31 bits per heavy atom. The van der Waals surface area contributed by atoms with E-state index < -0.39 is 0 Å². The molecule has 0 bridgehead atoms. The molecule has 0 aromatic carbocycles. The number of allylic oxidation sites excluding steroid dienone is 1. The molecule has 3 nitrogen and oxygen atoms in total. The molecule has 1 saturated heterocycles. The van der Waals surface area contributed by atoms with E-state index in [0.717, 1.165) is 32.4 Å². The predicted octanol–water partition coefficient (Wildman–Crippen LogP) is 2.20. The molecular formula is C13H19NO2. The fourth-order valence-corrected chi connectivity index (χ4v) is 2.68. The first-order valence-electron chi connectivity index (χ1n) is 6.08. The van der Waals surface area contributed by atoms with Crippen molar-refractivity contribution in [1.82, 2.24) is 4.90 Å². The number of likely N-dealkylation sites (tertiary alicyclic amines) is 1. The molecule has 1 spiro atoms. The SMILES string of the molecule is CCCN1CCCCC12C=CC(=O)C(O)=C2. The lowest BCUT2D eigenvalue weighted by Gasteiger charge is -2.44. The molecule has 1 atom stereocenters. The lowest BCUT2D eigenvalue weighted by Crippen LogP contribution is -2.50. The molecule has 1 fully saturated rings. The third-order valence-electron chi connectivity index (χ3n) is 3.50. The highest BCUT2D eigenvalue weighted by molar-refractivity contribution is 6.03. The molecule has 2 aliphatic rings. The van der Waals surface area contributed by atoms with E-state index in [1.807, 2.05) is 6.08 Å². The van der Waals surface area contributed by atoms with E-state index in [9.17, 15) is 9.90 Å². The fraction of sp³-hybridized carbons (Fsp3) is 0.615. The molecule has 88 valence electrons. The van der Waals surface area contributed by atoms with Crippen molar-refractivity contribution in [2.75, 3.05) is 13.1 Å². The van der Waals surface area contributed by atoms with Crippen molar-refractivity contribution >= 4 is 5.78 Å². The van der Waals surface area contributed by atoms with Gasteiger partial charge in [0.1, 0.15) is 0 Å². The van der Waals surface area contributed by atoms with Gasteiger partial charge in [-0.15, -0.1) is 0 Å². The Hall–Kier alpha value is -1.09. The molecule has 16 heavy (non-hydrogen) atoms. The summed E-state index contributed by atoms with van der Waals surface area (Å²) < 4.78 is 0. The van der Waals surface area contributed by atoms with Gasteiger partial charge < -0.3 is 5.11 Å². The van der Waals surface area contributed by atoms with Crippen molar-refractivity contribution < 1.29 is 9.90 Å². The average Bonchev–Trinajstić information content (AvgIpc) is 2.28. The maximum absolute atomic E-state index is 11.3. The molecule has 1 unspecified atom stereocenters.